The lowest BCUT2D eigenvalue weighted by Crippen LogP contribution is -2.11. The minimum absolute atomic E-state index is 0.283. The van der Waals surface area contributed by atoms with E-state index >= 15 is 0 Å². The summed E-state index contributed by atoms with van der Waals surface area (Å²) >= 11 is 4.41. The first-order chi connectivity index (χ1) is 7.99. The molecule has 0 aliphatic heterocycles. The van der Waals surface area contributed by atoms with E-state index in [1.165, 1.54) is 11.3 Å². The molecule has 0 aliphatic carbocycles. The molecule has 3 N–H and O–H groups in total. The summed E-state index contributed by atoms with van der Waals surface area (Å²) in [6.07, 6.45) is 0. The zero-order valence-electron chi connectivity index (χ0n) is 8.55. The molecule has 0 saturated heterocycles. The van der Waals surface area contributed by atoms with Crippen molar-refractivity contribution in [2.45, 2.75) is 4.21 Å². The third kappa shape index (κ3) is 2.80. The first-order valence-corrected chi connectivity index (χ1v) is 7.76. The zero-order chi connectivity index (χ0) is 12.5. The molecular weight excluding hydrogens is 324 g/mol. The lowest BCUT2D eigenvalue weighted by atomic mass is 10.3. The molecule has 2 aromatic rings. The summed E-state index contributed by atoms with van der Waals surface area (Å²) in [5.41, 5.74) is 6.66. The van der Waals surface area contributed by atoms with E-state index in [0.29, 0.717) is 15.8 Å². The van der Waals surface area contributed by atoms with E-state index in [9.17, 15) is 8.42 Å². The van der Waals surface area contributed by atoms with E-state index in [1.54, 1.807) is 35.7 Å². The van der Waals surface area contributed by atoms with Crippen molar-refractivity contribution in [2.75, 3.05) is 10.5 Å². The molecule has 4 nitrogen and oxygen atoms in total. The number of rotatable bonds is 3. The number of thiophene rings is 1. The van der Waals surface area contributed by atoms with Gasteiger partial charge < -0.3 is 5.73 Å². The van der Waals surface area contributed by atoms with Crippen LogP contribution in [0.2, 0.25) is 0 Å². The molecule has 17 heavy (non-hydrogen) atoms. The predicted octanol–water partition coefficient (Wildman–Crippen LogP) is 2.89. The van der Waals surface area contributed by atoms with Crippen molar-refractivity contribution in [3.63, 3.8) is 0 Å². The molecule has 1 heterocycles. The Kier molecular flexibility index (Phi) is 3.41. The second kappa shape index (κ2) is 4.67. The summed E-state index contributed by atoms with van der Waals surface area (Å²) in [7, 11) is -3.49. The van der Waals surface area contributed by atoms with Crippen molar-refractivity contribution < 1.29 is 8.42 Å². The van der Waals surface area contributed by atoms with Gasteiger partial charge in [0.05, 0.1) is 5.69 Å². The molecule has 2 rings (SSSR count). The summed E-state index contributed by atoms with van der Waals surface area (Å²) < 4.78 is 27.2. The van der Waals surface area contributed by atoms with Gasteiger partial charge in [-0.15, -0.1) is 11.3 Å². The van der Waals surface area contributed by atoms with Crippen LogP contribution in [0.4, 0.5) is 11.4 Å². The Bertz CT molecular complexity index is 624. The highest BCUT2D eigenvalue weighted by atomic mass is 79.9. The first-order valence-electron chi connectivity index (χ1n) is 4.60. The van der Waals surface area contributed by atoms with Crippen LogP contribution in [-0.4, -0.2) is 8.42 Å². The van der Waals surface area contributed by atoms with Crippen LogP contribution in [0.1, 0.15) is 0 Å². The van der Waals surface area contributed by atoms with E-state index < -0.39 is 10.0 Å². The Labute approximate surface area is 112 Å². The highest BCUT2D eigenvalue weighted by Gasteiger charge is 2.15. The molecule has 1 aromatic heterocycles. The minimum Gasteiger partial charge on any atom is -0.398 e. The Morgan fingerprint density at radius 1 is 1.29 bits per heavy atom. The van der Waals surface area contributed by atoms with Gasteiger partial charge in [-0.3, -0.25) is 4.72 Å². The van der Waals surface area contributed by atoms with Crippen LogP contribution in [-0.2, 0) is 10.0 Å². The molecule has 0 bridgehead atoms. The van der Waals surface area contributed by atoms with Gasteiger partial charge in [0.2, 0.25) is 0 Å². The van der Waals surface area contributed by atoms with Gasteiger partial charge >= 0.3 is 0 Å². The normalized spacial score (nSPS) is 11.4. The summed E-state index contributed by atoms with van der Waals surface area (Å²) in [5, 5.41) is 1.72. The Balaban J connectivity index is 2.30. The molecule has 7 heteroatoms. The quantitative estimate of drug-likeness (QED) is 0.849. The summed E-state index contributed by atoms with van der Waals surface area (Å²) in [4.78, 5) is 0. The van der Waals surface area contributed by atoms with Crippen molar-refractivity contribution >= 4 is 48.7 Å². The number of hydrogen-bond acceptors (Lipinski definition) is 4. The van der Waals surface area contributed by atoms with Gasteiger partial charge in [0.1, 0.15) is 4.21 Å². The lowest BCUT2D eigenvalue weighted by Gasteiger charge is -2.07. The van der Waals surface area contributed by atoms with E-state index in [2.05, 4.69) is 20.7 Å². The van der Waals surface area contributed by atoms with Crippen molar-refractivity contribution in [3.05, 3.63) is 40.2 Å². The Morgan fingerprint density at radius 3 is 2.65 bits per heavy atom. The SMILES string of the molecule is Nc1ccc(NS(=O)(=O)c2cccs2)cc1Br. The van der Waals surface area contributed by atoms with Crippen LogP contribution in [0.25, 0.3) is 0 Å². The van der Waals surface area contributed by atoms with Crippen molar-refractivity contribution in [1.82, 2.24) is 0 Å². The topological polar surface area (TPSA) is 72.2 Å². The lowest BCUT2D eigenvalue weighted by molar-refractivity contribution is 0.603. The van der Waals surface area contributed by atoms with Gasteiger partial charge in [0.15, 0.2) is 0 Å². The van der Waals surface area contributed by atoms with Crippen LogP contribution in [0, 0.1) is 0 Å². The average Bonchev–Trinajstić information content (AvgIpc) is 2.77. The first kappa shape index (κ1) is 12.4. The van der Waals surface area contributed by atoms with Crippen molar-refractivity contribution in [3.8, 4) is 0 Å². The standard InChI is InChI=1S/C10H9BrN2O2S2/c11-8-6-7(3-4-9(8)12)13-17(14,15)10-2-1-5-16-10/h1-6,13H,12H2. The molecule has 90 valence electrons. The number of nitrogens with two attached hydrogens (primary N) is 1. The fourth-order valence-electron chi connectivity index (χ4n) is 1.21. The fourth-order valence-corrected chi connectivity index (χ4v) is 3.63. The average molecular weight is 333 g/mol. The van der Waals surface area contributed by atoms with Crippen LogP contribution in [0.5, 0.6) is 0 Å². The fraction of sp³-hybridized carbons (Fsp3) is 0. The third-order valence-electron chi connectivity index (χ3n) is 2.01. The van der Waals surface area contributed by atoms with E-state index in [-0.39, 0.29) is 4.21 Å². The molecule has 0 spiro atoms. The van der Waals surface area contributed by atoms with Gasteiger partial charge in [-0.2, -0.15) is 0 Å². The maximum absolute atomic E-state index is 11.9. The highest BCUT2D eigenvalue weighted by molar-refractivity contribution is 9.10. The molecular formula is C10H9BrN2O2S2. The molecule has 1 aromatic carbocycles. The number of nitrogen functional groups attached to an aromatic ring is 1. The Hall–Kier alpha value is -1.05. The monoisotopic (exact) mass is 332 g/mol. The van der Waals surface area contributed by atoms with Crippen LogP contribution in [0.3, 0.4) is 0 Å². The smallest absolute Gasteiger partial charge is 0.271 e. The Morgan fingerprint density at radius 2 is 2.06 bits per heavy atom. The third-order valence-corrected chi connectivity index (χ3v) is 5.48. The maximum Gasteiger partial charge on any atom is 0.271 e. The van der Waals surface area contributed by atoms with Gasteiger partial charge in [-0.05, 0) is 45.6 Å². The van der Waals surface area contributed by atoms with Gasteiger partial charge in [0.25, 0.3) is 10.0 Å². The maximum atomic E-state index is 11.9. The minimum atomic E-state index is -3.49. The van der Waals surface area contributed by atoms with E-state index in [0.717, 1.165) is 0 Å². The molecule has 0 aliphatic rings. The van der Waals surface area contributed by atoms with Gasteiger partial charge in [0, 0.05) is 10.2 Å². The largest absolute Gasteiger partial charge is 0.398 e. The molecule has 0 amide bonds. The number of hydrogen-bond donors (Lipinski definition) is 2. The summed E-state index contributed by atoms with van der Waals surface area (Å²) in [5.74, 6) is 0. The van der Waals surface area contributed by atoms with Crippen molar-refractivity contribution in [2.24, 2.45) is 0 Å². The zero-order valence-corrected chi connectivity index (χ0v) is 11.8. The predicted molar refractivity (Wildman–Crippen MR) is 73.7 cm³/mol. The highest BCUT2D eigenvalue weighted by Crippen LogP contribution is 2.26. The number of anilines is 2. The summed E-state index contributed by atoms with van der Waals surface area (Å²) in [6.45, 7) is 0. The van der Waals surface area contributed by atoms with Gasteiger partial charge in [-0.25, -0.2) is 8.42 Å². The molecule has 0 unspecified atom stereocenters. The summed E-state index contributed by atoms with van der Waals surface area (Å²) in [6, 6.07) is 8.12. The number of benzene rings is 1. The van der Waals surface area contributed by atoms with E-state index in [4.69, 9.17) is 5.73 Å². The van der Waals surface area contributed by atoms with E-state index in [1.807, 2.05) is 0 Å². The number of nitrogens with one attached hydrogen (secondary N) is 1. The second-order valence-electron chi connectivity index (χ2n) is 3.27. The molecule has 0 radical (unpaired) electrons. The number of halogens is 1. The number of sulfonamides is 1. The molecule has 0 atom stereocenters. The van der Waals surface area contributed by atoms with Crippen LogP contribution >= 0.6 is 27.3 Å². The van der Waals surface area contributed by atoms with Gasteiger partial charge in [-0.1, -0.05) is 6.07 Å². The van der Waals surface area contributed by atoms with Crippen LogP contribution < -0.4 is 10.5 Å². The van der Waals surface area contributed by atoms with Crippen molar-refractivity contribution in [1.29, 1.82) is 0 Å². The van der Waals surface area contributed by atoms with Crippen LogP contribution in [0.15, 0.2) is 44.4 Å². The second-order valence-corrected chi connectivity index (χ2v) is 6.99. The molecule has 0 fully saturated rings. The molecule has 0 saturated carbocycles.